The quantitative estimate of drug-likeness (QED) is 0.0758. The van der Waals surface area contributed by atoms with E-state index >= 15 is 0 Å². The minimum atomic E-state index is -3.87. The SMILES string of the molecule is C=C[C@@H]1C[C@]1(CC(=O)CC1C[C@@H](Oc2cc(-c3csc(NC(C)C)n3)nc3cc(OC)ccc23)CN1C(=O)[C@@H](CC(=O)OC1CCCC1)C(C)(C)C)P(=O)(O)C=C(C)C. The van der Waals surface area contributed by atoms with E-state index in [4.69, 9.17) is 24.2 Å². The molecule has 320 valence electrons. The number of thiazole rings is 1. The topological polar surface area (TPSA) is 157 Å². The lowest BCUT2D eigenvalue weighted by molar-refractivity contribution is -0.156. The van der Waals surface area contributed by atoms with Gasteiger partial charge in [0.15, 0.2) is 5.13 Å². The molecule has 2 aliphatic carbocycles. The van der Waals surface area contributed by atoms with E-state index in [1.165, 1.54) is 17.2 Å². The first-order valence-corrected chi connectivity index (χ1v) is 23.4. The summed E-state index contributed by atoms with van der Waals surface area (Å²) in [4.78, 5) is 65.0. The summed E-state index contributed by atoms with van der Waals surface area (Å²) < 4.78 is 32.0. The Hall–Kier alpha value is -4.06. The number of anilines is 1. The van der Waals surface area contributed by atoms with Gasteiger partial charge in [-0.2, -0.15) is 0 Å². The summed E-state index contributed by atoms with van der Waals surface area (Å²) in [6.07, 6.45) is 5.21. The number of hydrogen-bond acceptors (Lipinski definition) is 11. The van der Waals surface area contributed by atoms with E-state index in [0.717, 1.165) is 36.2 Å². The number of esters is 1. The molecule has 6 rings (SSSR count). The average Bonchev–Trinajstić information content (AvgIpc) is 3.52. The number of pyridine rings is 1. The van der Waals surface area contributed by atoms with Crippen molar-refractivity contribution >= 4 is 52.4 Å². The Balaban J connectivity index is 1.32. The molecular weight excluding hydrogens is 788 g/mol. The fourth-order valence-corrected chi connectivity index (χ4v) is 11.9. The molecule has 1 amide bonds. The number of fused-ring (bicyclic) bond motifs is 1. The number of likely N-dealkylation sites (tertiary alicyclic amines) is 1. The van der Waals surface area contributed by atoms with Crippen molar-refractivity contribution in [1.29, 1.82) is 0 Å². The summed E-state index contributed by atoms with van der Waals surface area (Å²) in [5, 5.41) is 5.69. The first kappa shape index (κ1) is 44.5. The number of nitrogens with one attached hydrogen (secondary N) is 1. The molecule has 1 aliphatic heterocycles. The van der Waals surface area contributed by atoms with E-state index in [0.29, 0.717) is 46.8 Å². The molecular formula is C45H61N4O8PS. The molecule has 2 N–H and O–H groups in total. The van der Waals surface area contributed by atoms with Crippen LogP contribution in [0.5, 0.6) is 11.5 Å². The molecule has 3 fully saturated rings. The van der Waals surface area contributed by atoms with Gasteiger partial charge in [-0.15, -0.1) is 17.9 Å². The van der Waals surface area contributed by atoms with Crippen LogP contribution in [0.15, 0.2) is 53.7 Å². The molecule has 2 unspecified atom stereocenters. The third-order valence-electron chi connectivity index (χ3n) is 11.9. The maximum Gasteiger partial charge on any atom is 0.306 e. The van der Waals surface area contributed by atoms with Crippen molar-refractivity contribution in [2.45, 2.75) is 136 Å². The highest BCUT2D eigenvalue weighted by molar-refractivity contribution is 7.63. The van der Waals surface area contributed by atoms with E-state index in [-0.39, 0.29) is 55.6 Å². The maximum atomic E-state index is 14.8. The number of carbonyl (C=O) groups is 3. The molecule has 6 atom stereocenters. The van der Waals surface area contributed by atoms with E-state index in [9.17, 15) is 23.8 Å². The highest BCUT2D eigenvalue weighted by Gasteiger charge is 2.64. The number of hydrogen-bond donors (Lipinski definition) is 2. The lowest BCUT2D eigenvalue weighted by atomic mass is 9.77. The third kappa shape index (κ3) is 10.3. The van der Waals surface area contributed by atoms with E-state index in [1.54, 1.807) is 31.9 Å². The minimum Gasteiger partial charge on any atom is -0.497 e. The Morgan fingerprint density at radius 2 is 1.85 bits per heavy atom. The van der Waals surface area contributed by atoms with Crippen LogP contribution >= 0.6 is 18.7 Å². The molecule has 3 heterocycles. The smallest absolute Gasteiger partial charge is 0.306 e. The van der Waals surface area contributed by atoms with Crippen molar-refractivity contribution in [2.24, 2.45) is 17.3 Å². The van der Waals surface area contributed by atoms with Crippen LogP contribution in [-0.2, 0) is 23.7 Å². The predicted octanol–water partition coefficient (Wildman–Crippen LogP) is 9.56. The van der Waals surface area contributed by atoms with Gasteiger partial charge < -0.3 is 29.3 Å². The molecule has 3 aromatic rings. The van der Waals surface area contributed by atoms with Crippen molar-refractivity contribution in [3.8, 4) is 22.9 Å². The van der Waals surface area contributed by atoms with Gasteiger partial charge in [0, 0.05) is 54.2 Å². The van der Waals surface area contributed by atoms with Gasteiger partial charge in [-0.3, -0.25) is 18.9 Å². The van der Waals surface area contributed by atoms with Crippen LogP contribution in [-0.4, -0.2) is 80.5 Å². The zero-order valence-corrected chi connectivity index (χ0v) is 37.5. The van der Waals surface area contributed by atoms with Gasteiger partial charge in [0.2, 0.25) is 13.3 Å². The standard InChI is InChI=1S/C45H61N4O8PS/c1-10-29-22-45(29,58(53,54)25-27(2)3)23-31(50)17-30-18-34(24-49(30)42(52)36(44(6,7)8)20-41(51)57-32-13-11-12-14-32)56-40-21-38(39-26-59-43(48-39)46-28(4)5)47-37-19-33(55-9)15-16-35(37)40/h10,15-16,19,21,25-26,28-30,32,34,36H,1,11-14,17-18,20,22-24H2,2-9H3,(H,46,48)(H,53,54)/t29-,30?,34-,36-,45-/m1/s1. The van der Waals surface area contributed by atoms with Crippen LogP contribution in [0.4, 0.5) is 5.13 Å². The Labute approximate surface area is 352 Å². The number of carbonyl (C=O) groups excluding carboxylic acids is 3. The minimum absolute atomic E-state index is 0.0284. The van der Waals surface area contributed by atoms with E-state index < -0.39 is 42.0 Å². The van der Waals surface area contributed by atoms with Gasteiger partial charge in [0.05, 0.1) is 42.4 Å². The number of amides is 1. The number of aromatic nitrogens is 2. The predicted molar refractivity (Wildman–Crippen MR) is 233 cm³/mol. The number of methoxy groups -OCH3 is 1. The van der Waals surface area contributed by atoms with Gasteiger partial charge in [0.25, 0.3) is 0 Å². The van der Waals surface area contributed by atoms with Crippen molar-refractivity contribution < 1.29 is 38.1 Å². The number of nitrogens with zero attached hydrogens (tertiary/aromatic N) is 3. The normalized spacial score (nSPS) is 23.4. The highest BCUT2D eigenvalue weighted by atomic mass is 32.1. The third-order valence-corrected chi connectivity index (χ3v) is 15.4. The van der Waals surface area contributed by atoms with Crippen molar-refractivity contribution in [3.63, 3.8) is 0 Å². The molecule has 2 aromatic heterocycles. The number of ether oxygens (including phenoxy) is 3. The summed E-state index contributed by atoms with van der Waals surface area (Å²) in [6.45, 7) is 17.5. The lowest BCUT2D eigenvalue weighted by Crippen LogP contribution is -2.46. The molecule has 2 saturated carbocycles. The molecule has 14 heteroatoms. The Morgan fingerprint density at radius 3 is 2.47 bits per heavy atom. The van der Waals surface area contributed by atoms with Crippen LogP contribution in [0.25, 0.3) is 22.3 Å². The van der Waals surface area contributed by atoms with E-state index in [2.05, 4.69) is 11.9 Å². The molecule has 0 bridgehead atoms. The van der Waals surface area contributed by atoms with Gasteiger partial charge in [-0.25, -0.2) is 9.97 Å². The molecule has 1 aromatic carbocycles. The van der Waals surface area contributed by atoms with Gasteiger partial charge in [0.1, 0.15) is 35.2 Å². The van der Waals surface area contributed by atoms with E-state index in [1.807, 2.05) is 64.3 Å². The first-order chi connectivity index (χ1) is 27.8. The second-order valence-corrected chi connectivity index (χ2v) is 21.5. The summed E-state index contributed by atoms with van der Waals surface area (Å²) in [6, 6.07) is 7.06. The van der Waals surface area contributed by atoms with Gasteiger partial charge >= 0.3 is 5.97 Å². The average molecular weight is 849 g/mol. The second kappa shape index (κ2) is 17.9. The number of benzene rings is 1. The number of ketones is 1. The molecule has 1 saturated heterocycles. The number of rotatable bonds is 17. The van der Waals surface area contributed by atoms with Crippen LogP contribution in [0, 0.1) is 17.3 Å². The second-order valence-electron chi connectivity index (χ2n) is 18.3. The zero-order chi connectivity index (χ0) is 42.9. The van der Waals surface area contributed by atoms with Crippen LogP contribution in [0.1, 0.15) is 106 Å². The monoisotopic (exact) mass is 848 g/mol. The summed E-state index contributed by atoms with van der Waals surface area (Å²) >= 11 is 1.49. The van der Waals surface area contributed by atoms with Gasteiger partial charge in [-0.05, 0) is 89.1 Å². The molecule has 0 radical (unpaired) electrons. The van der Waals surface area contributed by atoms with Crippen LogP contribution < -0.4 is 14.8 Å². The molecule has 12 nitrogen and oxygen atoms in total. The van der Waals surface area contributed by atoms with Crippen molar-refractivity contribution in [2.75, 3.05) is 19.0 Å². The summed E-state index contributed by atoms with van der Waals surface area (Å²) in [5.41, 5.74) is 2.03. The molecule has 59 heavy (non-hydrogen) atoms. The maximum absolute atomic E-state index is 14.8. The molecule has 0 spiro atoms. The fraction of sp³-hybridized carbons (Fsp3) is 0.578. The van der Waals surface area contributed by atoms with Crippen LogP contribution in [0.2, 0.25) is 0 Å². The van der Waals surface area contributed by atoms with Crippen LogP contribution in [0.3, 0.4) is 0 Å². The zero-order valence-electron chi connectivity index (χ0n) is 35.8. The largest absolute Gasteiger partial charge is 0.497 e. The van der Waals surface area contributed by atoms with Crippen molar-refractivity contribution in [3.05, 3.63) is 53.7 Å². The summed E-state index contributed by atoms with van der Waals surface area (Å²) in [7, 11) is -2.27. The Morgan fingerprint density at radius 1 is 1.12 bits per heavy atom. The van der Waals surface area contributed by atoms with Crippen molar-refractivity contribution in [1.82, 2.24) is 14.9 Å². The van der Waals surface area contributed by atoms with Gasteiger partial charge in [-0.1, -0.05) is 32.4 Å². The highest BCUT2D eigenvalue weighted by Crippen LogP contribution is 2.74. The number of allylic oxidation sites excluding steroid dienone is 2. The Bertz CT molecular complexity index is 2130. The Kier molecular flexibility index (Phi) is 13.5. The first-order valence-electron chi connectivity index (χ1n) is 20.8. The summed E-state index contributed by atoms with van der Waals surface area (Å²) in [5.74, 6) is 0.738. The number of Topliss-reactive ketones (excluding diaryl/α,β-unsaturated/α-hetero) is 1. The fourth-order valence-electron chi connectivity index (χ4n) is 8.67. The molecule has 3 aliphatic rings. The lowest BCUT2D eigenvalue weighted by Gasteiger charge is -2.35.